The van der Waals surface area contributed by atoms with Crippen molar-refractivity contribution in [1.82, 2.24) is 4.31 Å². The van der Waals surface area contributed by atoms with Gasteiger partial charge in [0.15, 0.2) is 6.61 Å². The minimum atomic E-state index is -3.80. The maximum Gasteiger partial charge on any atom is 0.338 e. The number of rotatable bonds is 9. The lowest BCUT2D eigenvalue weighted by Gasteiger charge is -2.30. The molecule has 9 heteroatoms. The molecule has 2 aromatic carbocycles. The zero-order chi connectivity index (χ0) is 23.8. The smallest absolute Gasteiger partial charge is 0.338 e. The first kappa shape index (κ1) is 24.9. The molecular weight excluding hydrogens is 444 g/mol. The highest BCUT2D eigenvalue weighted by atomic mass is 32.2. The Bertz CT molecular complexity index is 1060. The highest BCUT2D eigenvalue weighted by molar-refractivity contribution is 7.89. The van der Waals surface area contributed by atoms with E-state index in [4.69, 9.17) is 9.47 Å². The summed E-state index contributed by atoms with van der Waals surface area (Å²) in [6.07, 6.45) is 4.78. The van der Waals surface area contributed by atoms with Crippen LogP contribution in [0.15, 0.2) is 53.4 Å². The quantitative estimate of drug-likeness (QED) is 0.558. The van der Waals surface area contributed by atoms with Crippen LogP contribution in [0, 0.1) is 0 Å². The third-order valence-electron chi connectivity index (χ3n) is 5.74. The summed E-state index contributed by atoms with van der Waals surface area (Å²) in [7, 11) is -0.629. The second-order valence-corrected chi connectivity index (χ2v) is 10.0. The highest BCUT2D eigenvalue weighted by Gasteiger charge is 2.31. The Kier molecular flexibility index (Phi) is 8.60. The number of carbonyl (C=O) groups excluding carboxylic acids is 2. The van der Waals surface area contributed by atoms with Gasteiger partial charge in [0.2, 0.25) is 10.0 Å². The fourth-order valence-electron chi connectivity index (χ4n) is 3.90. The summed E-state index contributed by atoms with van der Waals surface area (Å²) in [4.78, 5) is 24.7. The first-order valence-electron chi connectivity index (χ1n) is 10.9. The number of carbonyl (C=O) groups is 2. The molecule has 1 fully saturated rings. The standard InChI is InChI=1S/C24H30N2O6S/c1-26(20-8-4-3-5-9-20)33(29,30)22-11-7-6-10-21(22)25-23(27)17-32-24(28)19-14-12-18(13-15-19)16-31-2/h6-7,10-15,20H,3-5,8-9,16-17H2,1-2H3,(H,25,27). The number of para-hydroxylation sites is 1. The van der Waals surface area contributed by atoms with Gasteiger partial charge in [-0.1, -0.05) is 43.5 Å². The predicted octanol–water partition coefficient (Wildman–Crippen LogP) is 3.58. The Morgan fingerprint density at radius 1 is 1.03 bits per heavy atom. The first-order chi connectivity index (χ1) is 15.8. The fraction of sp³-hybridized carbons (Fsp3) is 0.417. The van der Waals surface area contributed by atoms with E-state index in [1.54, 1.807) is 50.6 Å². The molecule has 0 spiro atoms. The van der Waals surface area contributed by atoms with Crippen molar-refractivity contribution in [2.45, 2.75) is 49.6 Å². The second-order valence-electron chi connectivity index (χ2n) is 8.06. The molecule has 0 saturated heterocycles. The molecule has 1 saturated carbocycles. The van der Waals surface area contributed by atoms with Gasteiger partial charge in [-0.3, -0.25) is 4.79 Å². The number of amides is 1. The highest BCUT2D eigenvalue weighted by Crippen LogP contribution is 2.29. The summed E-state index contributed by atoms with van der Waals surface area (Å²) in [5.74, 6) is -1.27. The third-order valence-corrected chi connectivity index (χ3v) is 7.71. The second kappa shape index (κ2) is 11.4. The minimum Gasteiger partial charge on any atom is -0.452 e. The van der Waals surface area contributed by atoms with Gasteiger partial charge in [0.25, 0.3) is 5.91 Å². The zero-order valence-corrected chi connectivity index (χ0v) is 19.8. The lowest BCUT2D eigenvalue weighted by atomic mass is 9.96. The Morgan fingerprint density at radius 2 is 1.70 bits per heavy atom. The molecule has 8 nitrogen and oxygen atoms in total. The van der Waals surface area contributed by atoms with Crippen LogP contribution in [0.25, 0.3) is 0 Å². The molecular formula is C24H30N2O6S. The molecule has 0 heterocycles. The third kappa shape index (κ3) is 6.40. The van der Waals surface area contributed by atoms with Gasteiger partial charge in [-0.2, -0.15) is 4.31 Å². The number of anilines is 1. The van der Waals surface area contributed by atoms with Crippen molar-refractivity contribution in [3.63, 3.8) is 0 Å². The summed E-state index contributed by atoms with van der Waals surface area (Å²) < 4.78 is 38.0. The molecule has 33 heavy (non-hydrogen) atoms. The molecule has 178 valence electrons. The van der Waals surface area contributed by atoms with Crippen molar-refractivity contribution in [3.8, 4) is 0 Å². The first-order valence-corrected chi connectivity index (χ1v) is 12.4. The van der Waals surface area contributed by atoms with Crippen LogP contribution in [-0.4, -0.2) is 51.4 Å². The monoisotopic (exact) mass is 474 g/mol. The van der Waals surface area contributed by atoms with Crippen LogP contribution in [0.3, 0.4) is 0 Å². The number of sulfonamides is 1. The van der Waals surface area contributed by atoms with Gasteiger partial charge in [-0.15, -0.1) is 0 Å². The van der Waals surface area contributed by atoms with Gasteiger partial charge >= 0.3 is 5.97 Å². The molecule has 3 rings (SSSR count). The molecule has 1 amide bonds. The number of methoxy groups -OCH3 is 1. The van der Waals surface area contributed by atoms with Crippen LogP contribution < -0.4 is 5.32 Å². The number of nitrogens with one attached hydrogen (secondary N) is 1. The lowest BCUT2D eigenvalue weighted by Crippen LogP contribution is -2.38. The molecule has 2 aromatic rings. The van der Waals surface area contributed by atoms with E-state index in [2.05, 4.69) is 5.32 Å². The van der Waals surface area contributed by atoms with Crippen LogP contribution in [0.2, 0.25) is 0 Å². The number of esters is 1. The Labute approximate surface area is 194 Å². The van der Waals surface area contributed by atoms with Crippen LogP contribution in [0.5, 0.6) is 0 Å². The van der Waals surface area contributed by atoms with Gasteiger partial charge in [-0.05, 0) is 42.7 Å². The van der Waals surface area contributed by atoms with Gasteiger partial charge in [0.05, 0.1) is 17.9 Å². The van der Waals surface area contributed by atoms with Crippen LogP contribution in [0.1, 0.15) is 48.0 Å². The molecule has 0 unspecified atom stereocenters. The Balaban J connectivity index is 1.64. The summed E-state index contributed by atoms with van der Waals surface area (Å²) >= 11 is 0. The fourth-order valence-corrected chi connectivity index (χ4v) is 5.46. The topological polar surface area (TPSA) is 102 Å². The number of nitrogens with zero attached hydrogens (tertiary/aromatic N) is 1. The van der Waals surface area contributed by atoms with Crippen molar-refractivity contribution < 1.29 is 27.5 Å². The van der Waals surface area contributed by atoms with Gasteiger partial charge < -0.3 is 14.8 Å². The van der Waals surface area contributed by atoms with Gasteiger partial charge in [0, 0.05) is 20.2 Å². The zero-order valence-electron chi connectivity index (χ0n) is 19.0. The van der Waals surface area contributed by atoms with E-state index in [1.807, 2.05) is 0 Å². The number of benzene rings is 2. The van der Waals surface area contributed by atoms with Crippen molar-refractivity contribution >= 4 is 27.6 Å². The van der Waals surface area contributed by atoms with Crippen LogP contribution in [-0.2, 0) is 30.9 Å². The van der Waals surface area contributed by atoms with E-state index in [1.165, 1.54) is 16.4 Å². The molecule has 0 aliphatic heterocycles. The normalized spacial score (nSPS) is 14.8. The van der Waals surface area contributed by atoms with Gasteiger partial charge in [-0.25, -0.2) is 13.2 Å². The number of hydrogen-bond acceptors (Lipinski definition) is 6. The molecule has 0 bridgehead atoms. The van der Waals surface area contributed by atoms with Crippen LogP contribution >= 0.6 is 0 Å². The van der Waals surface area contributed by atoms with Crippen LogP contribution in [0.4, 0.5) is 5.69 Å². The van der Waals surface area contributed by atoms with E-state index < -0.39 is 28.5 Å². The van der Waals surface area contributed by atoms with E-state index in [0.717, 1.165) is 37.7 Å². The van der Waals surface area contributed by atoms with E-state index >= 15 is 0 Å². The van der Waals surface area contributed by atoms with E-state index in [-0.39, 0.29) is 16.6 Å². The van der Waals surface area contributed by atoms with Crippen molar-refractivity contribution in [1.29, 1.82) is 0 Å². The average molecular weight is 475 g/mol. The van der Waals surface area contributed by atoms with Crippen molar-refractivity contribution in [2.75, 3.05) is 26.1 Å². The number of hydrogen-bond donors (Lipinski definition) is 1. The summed E-state index contributed by atoms with van der Waals surface area (Å²) in [5, 5.41) is 2.57. The molecule has 0 aromatic heterocycles. The molecule has 1 aliphatic rings. The maximum absolute atomic E-state index is 13.2. The molecule has 0 atom stereocenters. The average Bonchev–Trinajstić information content (AvgIpc) is 2.83. The van der Waals surface area contributed by atoms with Crippen molar-refractivity contribution in [2.24, 2.45) is 0 Å². The van der Waals surface area contributed by atoms with Crippen molar-refractivity contribution in [3.05, 3.63) is 59.7 Å². The lowest BCUT2D eigenvalue weighted by molar-refractivity contribution is -0.119. The van der Waals surface area contributed by atoms with Gasteiger partial charge in [0.1, 0.15) is 4.90 Å². The Morgan fingerprint density at radius 3 is 2.36 bits per heavy atom. The summed E-state index contributed by atoms with van der Waals surface area (Å²) in [5.41, 5.74) is 1.37. The Hall–Kier alpha value is -2.75. The molecule has 0 radical (unpaired) electrons. The minimum absolute atomic E-state index is 0.0199. The number of ether oxygens (including phenoxy) is 2. The summed E-state index contributed by atoms with van der Waals surface area (Å²) in [6, 6.07) is 12.9. The molecule has 1 N–H and O–H groups in total. The maximum atomic E-state index is 13.2. The predicted molar refractivity (Wildman–Crippen MR) is 124 cm³/mol. The molecule has 1 aliphatic carbocycles. The van der Waals surface area contributed by atoms with E-state index in [0.29, 0.717) is 12.2 Å². The van der Waals surface area contributed by atoms with E-state index in [9.17, 15) is 18.0 Å². The largest absolute Gasteiger partial charge is 0.452 e. The SMILES string of the molecule is COCc1ccc(C(=O)OCC(=O)Nc2ccccc2S(=O)(=O)N(C)C2CCCCC2)cc1. The summed E-state index contributed by atoms with van der Waals surface area (Å²) in [6.45, 7) is -0.110.